The van der Waals surface area contributed by atoms with Crippen LogP contribution < -0.4 is 0 Å². The van der Waals surface area contributed by atoms with E-state index in [2.05, 4.69) is 33.7 Å². The van der Waals surface area contributed by atoms with Gasteiger partial charge in [0, 0.05) is 19.3 Å². The number of hydrogen-bond acceptors (Lipinski definition) is 6. The maximum absolute atomic E-state index is 12.6. The summed E-state index contributed by atoms with van der Waals surface area (Å²) in [6.07, 6.45) is 10.6. The first-order valence-corrected chi connectivity index (χ1v) is 10.4. The summed E-state index contributed by atoms with van der Waals surface area (Å²) in [4.78, 5) is 14.5. The summed E-state index contributed by atoms with van der Waals surface area (Å²) in [7, 11) is 0. The smallest absolute Gasteiger partial charge is 0.233 e. The van der Waals surface area contributed by atoms with E-state index in [1.807, 2.05) is 20.5 Å². The van der Waals surface area contributed by atoms with E-state index in [1.165, 1.54) is 30.2 Å². The number of aromatic nitrogens is 6. The molecule has 0 aromatic carbocycles. The first-order chi connectivity index (χ1) is 12.7. The Labute approximate surface area is 157 Å². The van der Waals surface area contributed by atoms with Gasteiger partial charge < -0.3 is 4.90 Å². The SMILES string of the molecule is Cc1cnn(C2CCN(C(=O)CSc3nnnn3C3CCCC3)CC2)c1. The van der Waals surface area contributed by atoms with Crippen molar-refractivity contribution in [3.05, 3.63) is 18.0 Å². The van der Waals surface area contributed by atoms with Crippen LogP contribution in [0.25, 0.3) is 0 Å². The highest BCUT2D eigenvalue weighted by Crippen LogP contribution is 2.31. The first kappa shape index (κ1) is 17.5. The van der Waals surface area contributed by atoms with Crippen molar-refractivity contribution >= 4 is 17.7 Å². The zero-order chi connectivity index (χ0) is 17.9. The summed E-state index contributed by atoms with van der Waals surface area (Å²) >= 11 is 1.46. The molecule has 2 aliphatic rings. The topological polar surface area (TPSA) is 81.7 Å². The maximum atomic E-state index is 12.6. The van der Waals surface area contributed by atoms with E-state index in [9.17, 15) is 4.79 Å². The Hall–Kier alpha value is -1.90. The normalized spacial score (nSPS) is 19.3. The Morgan fingerprint density at radius 3 is 2.65 bits per heavy atom. The number of rotatable bonds is 5. The number of carbonyl (C=O) groups excluding carboxylic acids is 1. The highest BCUT2D eigenvalue weighted by atomic mass is 32.2. The average molecular weight is 376 g/mol. The molecule has 1 aliphatic heterocycles. The summed E-state index contributed by atoms with van der Waals surface area (Å²) < 4.78 is 3.96. The largest absolute Gasteiger partial charge is 0.342 e. The third-order valence-electron chi connectivity index (χ3n) is 5.38. The Morgan fingerprint density at radius 1 is 1.19 bits per heavy atom. The van der Waals surface area contributed by atoms with E-state index < -0.39 is 0 Å². The lowest BCUT2D eigenvalue weighted by molar-refractivity contribution is -0.129. The lowest BCUT2D eigenvalue weighted by Crippen LogP contribution is -2.40. The zero-order valence-electron chi connectivity index (χ0n) is 15.1. The maximum Gasteiger partial charge on any atom is 0.233 e. The average Bonchev–Trinajstić information content (AvgIpc) is 3.40. The predicted octanol–water partition coefficient (Wildman–Crippen LogP) is 2.25. The lowest BCUT2D eigenvalue weighted by Gasteiger charge is -2.32. The molecule has 2 aromatic heterocycles. The summed E-state index contributed by atoms with van der Waals surface area (Å²) in [5.74, 6) is 0.574. The van der Waals surface area contributed by atoms with Crippen molar-refractivity contribution in [3.63, 3.8) is 0 Å². The second-order valence-corrected chi connectivity index (χ2v) is 8.19. The van der Waals surface area contributed by atoms with Gasteiger partial charge in [0.2, 0.25) is 11.1 Å². The molecule has 1 saturated carbocycles. The summed E-state index contributed by atoms with van der Waals surface area (Å²) in [6.45, 7) is 3.63. The van der Waals surface area contributed by atoms with E-state index in [4.69, 9.17) is 0 Å². The molecule has 8 nitrogen and oxygen atoms in total. The molecule has 3 heterocycles. The van der Waals surface area contributed by atoms with Crippen molar-refractivity contribution in [1.29, 1.82) is 0 Å². The van der Waals surface area contributed by atoms with E-state index in [-0.39, 0.29) is 5.91 Å². The van der Waals surface area contributed by atoms with Crippen LogP contribution in [0, 0.1) is 6.92 Å². The monoisotopic (exact) mass is 375 g/mol. The molecule has 140 valence electrons. The van der Waals surface area contributed by atoms with Crippen LogP contribution >= 0.6 is 11.8 Å². The van der Waals surface area contributed by atoms with Gasteiger partial charge in [0.25, 0.3) is 0 Å². The number of carbonyl (C=O) groups is 1. The van der Waals surface area contributed by atoms with Gasteiger partial charge in [-0.25, -0.2) is 4.68 Å². The molecule has 4 rings (SSSR count). The fourth-order valence-electron chi connectivity index (χ4n) is 3.89. The van der Waals surface area contributed by atoms with Gasteiger partial charge >= 0.3 is 0 Å². The van der Waals surface area contributed by atoms with Crippen LogP contribution in [0.4, 0.5) is 0 Å². The summed E-state index contributed by atoms with van der Waals surface area (Å²) in [6, 6.07) is 0.797. The Kier molecular flexibility index (Phi) is 5.23. The lowest BCUT2D eigenvalue weighted by atomic mass is 10.1. The molecular formula is C17H25N7OS. The van der Waals surface area contributed by atoms with Crippen LogP contribution in [0.15, 0.2) is 17.6 Å². The van der Waals surface area contributed by atoms with Crippen molar-refractivity contribution in [2.75, 3.05) is 18.8 Å². The molecule has 0 spiro atoms. The molecule has 2 fully saturated rings. The van der Waals surface area contributed by atoms with Crippen molar-refractivity contribution in [3.8, 4) is 0 Å². The van der Waals surface area contributed by atoms with Crippen molar-refractivity contribution in [2.24, 2.45) is 0 Å². The van der Waals surface area contributed by atoms with Crippen molar-refractivity contribution in [1.82, 2.24) is 34.9 Å². The minimum Gasteiger partial charge on any atom is -0.342 e. The third kappa shape index (κ3) is 3.77. The van der Waals surface area contributed by atoms with E-state index in [0.717, 1.165) is 43.9 Å². The molecule has 2 aromatic rings. The van der Waals surface area contributed by atoms with Crippen molar-refractivity contribution < 1.29 is 4.79 Å². The number of amides is 1. The van der Waals surface area contributed by atoms with E-state index in [1.54, 1.807) is 0 Å². The van der Waals surface area contributed by atoms with Gasteiger partial charge in [-0.15, -0.1) is 5.10 Å². The molecule has 1 amide bonds. The van der Waals surface area contributed by atoms with Crippen molar-refractivity contribution in [2.45, 2.75) is 62.7 Å². The van der Waals surface area contributed by atoms with Crippen LogP contribution in [0.5, 0.6) is 0 Å². The van der Waals surface area contributed by atoms with Crippen LogP contribution in [0.1, 0.15) is 56.2 Å². The Bertz CT molecular complexity index is 744. The molecule has 1 aliphatic carbocycles. The molecular weight excluding hydrogens is 350 g/mol. The van der Waals surface area contributed by atoms with Gasteiger partial charge in [0.05, 0.1) is 24.0 Å². The second-order valence-electron chi connectivity index (χ2n) is 7.24. The molecule has 26 heavy (non-hydrogen) atoms. The second kappa shape index (κ2) is 7.77. The minimum absolute atomic E-state index is 0.172. The highest BCUT2D eigenvalue weighted by Gasteiger charge is 2.26. The number of aryl methyl sites for hydroxylation is 1. The fourth-order valence-corrected chi connectivity index (χ4v) is 4.74. The third-order valence-corrected chi connectivity index (χ3v) is 6.30. The first-order valence-electron chi connectivity index (χ1n) is 9.40. The summed E-state index contributed by atoms with van der Waals surface area (Å²) in [5.41, 5.74) is 1.18. The van der Waals surface area contributed by atoms with Gasteiger partial charge in [-0.2, -0.15) is 5.10 Å². The van der Waals surface area contributed by atoms with E-state index >= 15 is 0 Å². The number of tetrazole rings is 1. The number of piperidine rings is 1. The Balaban J connectivity index is 1.28. The fraction of sp³-hybridized carbons (Fsp3) is 0.706. The van der Waals surface area contributed by atoms with Crippen LogP contribution in [0.2, 0.25) is 0 Å². The number of hydrogen-bond donors (Lipinski definition) is 0. The molecule has 0 unspecified atom stereocenters. The molecule has 0 bridgehead atoms. The minimum atomic E-state index is 0.172. The number of nitrogens with zero attached hydrogens (tertiary/aromatic N) is 7. The van der Waals surface area contributed by atoms with Crippen LogP contribution in [-0.4, -0.2) is 59.6 Å². The zero-order valence-corrected chi connectivity index (χ0v) is 15.9. The molecule has 9 heteroatoms. The molecule has 0 N–H and O–H groups in total. The van der Waals surface area contributed by atoms with Crippen LogP contribution in [0.3, 0.4) is 0 Å². The highest BCUT2D eigenvalue weighted by molar-refractivity contribution is 7.99. The van der Waals surface area contributed by atoms with Gasteiger partial charge in [0.15, 0.2) is 0 Å². The van der Waals surface area contributed by atoms with Gasteiger partial charge in [-0.05, 0) is 48.6 Å². The summed E-state index contributed by atoms with van der Waals surface area (Å²) in [5, 5.41) is 17.2. The predicted molar refractivity (Wildman–Crippen MR) is 97.9 cm³/mol. The molecule has 1 saturated heterocycles. The quantitative estimate of drug-likeness (QED) is 0.746. The van der Waals surface area contributed by atoms with Gasteiger partial charge in [0.1, 0.15) is 0 Å². The number of likely N-dealkylation sites (tertiary alicyclic amines) is 1. The van der Waals surface area contributed by atoms with E-state index in [0.29, 0.717) is 17.8 Å². The molecule has 0 radical (unpaired) electrons. The van der Waals surface area contributed by atoms with Gasteiger partial charge in [-0.3, -0.25) is 9.48 Å². The molecule has 0 atom stereocenters. The van der Waals surface area contributed by atoms with Crippen LogP contribution in [-0.2, 0) is 4.79 Å². The number of thioether (sulfide) groups is 1. The standard InChI is InChI=1S/C17H25N7OS/c1-13-10-18-23(11-13)14-6-8-22(9-7-14)16(25)12-26-17-19-20-21-24(17)15-4-2-3-5-15/h10-11,14-15H,2-9,12H2,1H3. The van der Waals surface area contributed by atoms with Gasteiger partial charge in [-0.1, -0.05) is 24.6 Å². The Morgan fingerprint density at radius 2 is 1.96 bits per heavy atom.